The molecule has 0 bridgehead atoms. The molecule has 0 aromatic carbocycles. The molecule has 2 nitrogen and oxygen atoms in total. The number of Topliss-reactive ketones (excluding diaryl/α,β-unsaturated/α-hetero) is 1. The molecule has 0 saturated heterocycles. The van der Waals surface area contributed by atoms with Crippen molar-refractivity contribution in [3.63, 3.8) is 0 Å². The van der Waals surface area contributed by atoms with Gasteiger partial charge >= 0.3 is 0 Å². The summed E-state index contributed by atoms with van der Waals surface area (Å²) in [5.74, 6) is 0.235. The first-order chi connectivity index (χ1) is 4.72. The fourth-order valence-corrected chi connectivity index (χ4v) is 1.24. The lowest BCUT2D eigenvalue weighted by atomic mass is 10.1. The zero-order valence-corrected chi connectivity index (χ0v) is 6.50. The van der Waals surface area contributed by atoms with Gasteiger partial charge in [0.05, 0.1) is 6.04 Å². The van der Waals surface area contributed by atoms with E-state index in [0.29, 0.717) is 0 Å². The predicted octanol–water partition coefficient (Wildman–Crippen LogP) is 0.836. The molecule has 0 radical (unpaired) electrons. The molecule has 0 amide bonds. The Morgan fingerprint density at radius 2 is 2.40 bits per heavy atom. The first-order valence-electron chi connectivity index (χ1n) is 3.59. The van der Waals surface area contributed by atoms with E-state index in [0.717, 1.165) is 13.0 Å². The molecule has 1 aliphatic rings. The summed E-state index contributed by atoms with van der Waals surface area (Å²) in [6.45, 7) is 2.64. The topological polar surface area (TPSA) is 20.3 Å². The Kier molecular flexibility index (Phi) is 2.22. The Morgan fingerprint density at radius 1 is 1.70 bits per heavy atom. The van der Waals surface area contributed by atoms with Crippen LogP contribution in [0.4, 0.5) is 0 Å². The normalized spacial score (nSPS) is 26.8. The number of carbonyl (C=O) groups is 1. The average Bonchev–Trinajstić information content (AvgIpc) is 1.88. The first-order valence-corrected chi connectivity index (χ1v) is 3.59. The lowest BCUT2D eigenvalue weighted by Gasteiger charge is -2.25. The highest BCUT2D eigenvalue weighted by molar-refractivity contribution is 5.83. The van der Waals surface area contributed by atoms with Crippen LogP contribution in [-0.4, -0.2) is 30.3 Å². The van der Waals surface area contributed by atoms with Gasteiger partial charge in [-0.05, 0) is 20.4 Å². The molecule has 0 aromatic rings. The predicted molar refractivity (Wildman–Crippen MR) is 40.9 cm³/mol. The minimum atomic E-state index is 0.0359. The van der Waals surface area contributed by atoms with Crippen LogP contribution < -0.4 is 0 Å². The van der Waals surface area contributed by atoms with E-state index in [1.165, 1.54) is 0 Å². The van der Waals surface area contributed by atoms with Crippen LogP contribution >= 0.6 is 0 Å². The monoisotopic (exact) mass is 139 g/mol. The molecule has 0 spiro atoms. The van der Waals surface area contributed by atoms with Crippen LogP contribution in [0.3, 0.4) is 0 Å². The van der Waals surface area contributed by atoms with Gasteiger partial charge in [-0.3, -0.25) is 9.69 Å². The van der Waals surface area contributed by atoms with Crippen molar-refractivity contribution in [3.05, 3.63) is 12.2 Å². The average molecular weight is 139 g/mol. The van der Waals surface area contributed by atoms with Crippen molar-refractivity contribution in [2.45, 2.75) is 19.4 Å². The Balaban J connectivity index is 2.64. The van der Waals surface area contributed by atoms with Gasteiger partial charge in [-0.2, -0.15) is 0 Å². The highest BCUT2D eigenvalue weighted by Crippen LogP contribution is 2.07. The van der Waals surface area contributed by atoms with Gasteiger partial charge in [-0.1, -0.05) is 12.2 Å². The third kappa shape index (κ3) is 1.45. The van der Waals surface area contributed by atoms with Crippen LogP contribution in [-0.2, 0) is 4.79 Å². The van der Waals surface area contributed by atoms with E-state index >= 15 is 0 Å². The van der Waals surface area contributed by atoms with Crippen LogP contribution in [0.2, 0.25) is 0 Å². The van der Waals surface area contributed by atoms with Crippen molar-refractivity contribution >= 4 is 5.78 Å². The van der Waals surface area contributed by atoms with Crippen molar-refractivity contribution in [1.29, 1.82) is 0 Å². The molecule has 0 N–H and O–H groups in total. The van der Waals surface area contributed by atoms with Gasteiger partial charge in [-0.25, -0.2) is 0 Å². The van der Waals surface area contributed by atoms with Crippen LogP contribution in [0.1, 0.15) is 13.3 Å². The third-order valence-electron chi connectivity index (χ3n) is 1.86. The quantitative estimate of drug-likeness (QED) is 0.502. The summed E-state index contributed by atoms with van der Waals surface area (Å²) in [6, 6.07) is 0.0359. The van der Waals surface area contributed by atoms with Gasteiger partial charge in [0.15, 0.2) is 5.78 Å². The first kappa shape index (κ1) is 7.48. The smallest absolute Gasteiger partial charge is 0.150 e. The number of hydrogen-bond donors (Lipinski definition) is 0. The minimum Gasteiger partial charge on any atom is -0.298 e. The van der Waals surface area contributed by atoms with Gasteiger partial charge < -0.3 is 0 Å². The summed E-state index contributed by atoms with van der Waals surface area (Å²) >= 11 is 0. The van der Waals surface area contributed by atoms with Crippen molar-refractivity contribution in [3.8, 4) is 0 Å². The van der Waals surface area contributed by atoms with Gasteiger partial charge in [0.25, 0.3) is 0 Å². The number of nitrogens with zero attached hydrogens (tertiary/aromatic N) is 1. The van der Waals surface area contributed by atoms with Crippen LogP contribution in [0.15, 0.2) is 12.2 Å². The summed E-state index contributed by atoms with van der Waals surface area (Å²) in [7, 11) is 1.98. The fourth-order valence-electron chi connectivity index (χ4n) is 1.24. The molecule has 1 heterocycles. The van der Waals surface area contributed by atoms with Crippen molar-refractivity contribution in [2.75, 3.05) is 13.6 Å². The molecule has 1 unspecified atom stereocenters. The number of carbonyl (C=O) groups excluding carboxylic acids is 1. The van der Waals surface area contributed by atoms with E-state index in [-0.39, 0.29) is 11.8 Å². The van der Waals surface area contributed by atoms with Crippen molar-refractivity contribution < 1.29 is 4.79 Å². The molecular formula is C8H13NO. The summed E-state index contributed by atoms with van der Waals surface area (Å²) < 4.78 is 0. The summed E-state index contributed by atoms with van der Waals surface area (Å²) in [6.07, 6.45) is 5.12. The largest absolute Gasteiger partial charge is 0.298 e. The molecule has 1 aliphatic heterocycles. The number of ketones is 1. The van der Waals surface area contributed by atoms with Gasteiger partial charge in [-0.15, -0.1) is 0 Å². The van der Waals surface area contributed by atoms with E-state index in [2.05, 4.69) is 11.0 Å². The van der Waals surface area contributed by atoms with E-state index in [1.54, 1.807) is 6.92 Å². The second kappa shape index (κ2) is 2.97. The number of likely N-dealkylation sites (N-methyl/N-ethyl adjacent to an activating group) is 1. The molecule has 1 rings (SSSR count). The fraction of sp³-hybridized carbons (Fsp3) is 0.625. The zero-order valence-electron chi connectivity index (χ0n) is 6.50. The van der Waals surface area contributed by atoms with Gasteiger partial charge in [0.1, 0.15) is 0 Å². The molecule has 1 atom stereocenters. The van der Waals surface area contributed by atoms with Crippen LogP contribution in [0, 0.1) is 0 Å². The lowest BCUT2D eigenvalue weighted by molar-refractivity contribution is -0.120. The number of rotatable bonds is 1. The lowest BCUT2D eigenvalue weighted by Crippen LogP contribution is -2.38. The van der Waals surface area contributed by atoms with Crippen LogP contribution in [0.25, 0.3) is 0 Å². The Bertz CT molecular complexity index is 163. The van der Waals surface area contributed by atoms with E-state index < -0.39 is 0 Å². The maximum absolute atomic E-state index is 10.9. The highest BCUT2D eigenvalue weighted by Gasteiger charge is 2.17. The molecule has 56 valence electrons. The highest BCUT2D eigenvalue weighted by atomic mass is 16.1. The van der Waals surface area contributed by atoms with Gasteiger partial charge in [0, 0.05) is 6.54 Å². The molecule has 0 aliphatic carbocycles. The second-order valence-electron chi connectivity index (χ2n) is 2.75. The second-order valence-corrected chi connectivity index (χ2v) is 2.75. The van der Waals surface area contributed by atoms with E-state index in [4.69, 9.17) is 0 Å². The molecular weight excluding hydrogens is 126 g/mol. The summed E-state index contributed by atoms with van der Waals surface area (Å²) in [5, 5.41) is 0. The summed E-state index contributed by atoms with van der Waals surface area (Å²) in [5.41, 5.74) is 0. The van der Waals surface area contributed by atoms with Crippen LogP contribution in [0.5, 0.6) is 0 Å². The van der Waals surface area contributed by atoms with E-state index in [1.807, 2.05) is 13.1 Å². The molecule has 0 fully saturated rings. The van der Waals surface area contributed by atoms with Crippen molar-refractivity contribution in [1.82, 2.24) is 4.90 Å². The maximum atomic E-state index is 10.9. The maximum Gasteiger partial charge on any atom is 0.150 e. The molecule has 0 aromatic heterocycles. The third-order valence-corrected chi connectivity index (χ3v) is 1.86. The molecule has 2 heteroatoms. The molecule has 0 saturated carbocycles. The zero-order chi connectivity index (χ0) is 7.56. The SMILES string of the molecule is CC(=O)C1C=CCCN1C. The summed E-state index contributed by atoms with van der Waals surface area (Å²) in [4.78, 5) is 13.0. The minimum absolute atomic E-state index is 0.0359. The standard InChI is InChI=1S/C8H13NO/c1-7(10)8-5-3-4-6-9(8)2/h3,5,8H,4,6H2,1-2H3. The Hall–Kier alpha value is -0.630. The van der Waals surface area contributed by atoms with E-state index in [9.17, 15) is 4.79 Å². The Morgan fingerprint density at radius 3 is 2.80 bits per heavy atom. The van der Waals surface area contributed by atoms with Crippen molar-refractivity contribution in [2.24, 2.45) is 0 Å². The Labute approximate surface area is 61.5 Å². The molecule has 10 heavy (non-hydrogen) atoms. The number of hydrogen-bond acceptors (Lipinski definition) is 2. The van der Waals surface area contributed by atoms with Gasteiger partial charge in [0.2, 0.25) is 0 Å².